The van der Waals surface area contributed by atoms with Crippen LogP contribution in [-0.2, 0) is 4.74 Å². The van der Waals surface area contributed by atoms with Crippen LogP contribution in [-0.4, -0.2) is 33.6 Å². The van der Waals surface area contributed by atoms with E-state index >= 15 is 0 Å². The maximum atomic E-state index is 10.4. The lowest BCUT2D eigenvalue weighted by molar-refractivity contribution is 0.134. The van der Waals surface area contributed by atoms with E-state index in [2.05, 4.69) is 41.5 Å². The van der Waals surface area contributed by atoms with Crippen molar-refractivity contribution >= 4 is 11.9 Å². The summed E-state index contributed by atoms with van der Waals surface area (Å²) in [6.07, 6.45) is 11.7. The normalized spacial score (nSPS) is 17.9. The summed E-state index contributed by atoms with van der Waals surface area (Å²) in [5, 5.41) is 20.3. The van der Waals surface area contributed by atoms with Crippen LogP contribution in [0.15, 0.2) is 100 Å². The molecule has 0 spiro atoms. The van der Waals surface area contributed by atoms with Gasteiger partial charge in [-0.15, -0.1) is 0 Å². The van der Waals surface area contributed by atoms with Crippen LogP contribution in [0.2, 0.25) is 0 Å². The molecule has 2 unspecified atom stereocenters. The van der Waals surface area contributed by atoms with Crippen LogP contribution in [0.3, 0.4) is 0 Å². The molecule has 0 saturated heterocycles. The average molecular weight is 456 g/mol. The van der Waals surface area contributed by atoms with Gasteiger partial charge in [-0.05, 0) is 30.5 Å². The van der Waals surface area contributed by atoms with E-state index in [1.54, 1.807) is 38.9 Å². The lowest BCUT2D eigenvalue weighted by Crippen LogP contribution is -2.23. The molecular formula is C27H29N5O2. The standard InChI is InChI=1S/C27H29N5O2/c1-6-18(2)11-12-30-16-19(3)26(29-5)24-20(4)34-27(33)23(15-28)25(24)21-7-9-22(10-8-21)32-14-13-31-17-32/h7-14,16-18,25,33H,3,6H2,1-2,4-5H3/b12-11-,29-26?,30-16?. The van der Waals surface area contributed by atoms with Crippen molar-refractivity contribution in [1.29, 1.82) is 5.26 Å². The van der Waals surface area contributed by atoms with Crippen molar-refractivity contribution in [3.63, 3.8) is 0 Å². The van der Waals surface area contributed by atoms with E-state index in [0.717, 1.165) is 17.7 Å². The number of allylic oxidation sites excluding steroid dienone is 5. The van der Waals surface area contributed by atoms with Crippen LogP contribution in [0.4, 0.5) is 0 Å². The summed E-state index contributed by atoms with van der Waals surface area (Å²) in [6, 6.07) is 9.82. The zero-order valence-corrected chi connectivity index (χ0v) is 19.9. The summed E-state index contributed by atoms with van der Waals surface area (Å²) in [4.78, 5) is 12.9. The van der Waals surface area contributed by atoms with Crippen molar-refractivity contribution in [2.45, 2.75) is 33.1 Å². The minimum Gasteiger partial charge on any atom is -0.480 e. The number of nitrogens with zero attached hydrogens (tertiary/aromatic N) is 5. The number of hydrogen-bond donors (Lipinski definition) is 1. The van der Waals surface area contributed by atoms with E-state index in [1.807, 2.05) is 41.1 Å². The highest BCUT2D eigenvalue weighted by Crippen LogP contribution is 2.41. The minimum absolute atomic E-state index is 0.110. The molecule has 7 nitrogen and oxygen atoms in total. The molecule has 1 aliphatic rings. The first-order chi connectivity index (χ1) is 16.4. The van der Waals surface area contributed by atoms with Crippen LogP contribution < -0.4 is 0 Å². The number of hydrogen-bond acceptors (Lipinski definition) is 6. The maximum absolute atomic E-state index is 10.4. The van der Waals surface area contributed by atoms with Crippen LogP contribution in [0.1, 0.15) is 38.7 Å². The molecule has 1 aromatic heterocycles. The fourth-order valence-electron chi connectivity index (χ4n) is 3.69. The summed E-state index contributed by atoms with van der Waals surface area (Å²) in [5.74, 6) is -0.0957. The molecule has 7 heteroatoms. The van der Waals surface area contributed by atoms with E-state index in [1.165, 1.54) is 0 Å². The zero-order valence-electron chi connectivity index (χ0n) is 19.9. The second-order valence-electron chi connectivity index (χ2n) is 8.00. The molecule has 0 fully saturated rings. The Kier molecular flexibility index (Phi) is 7.99. The Morgan fingerprint density at radius 1 is 1.38 bits per heavy atom. The molecular weight excluding hydrogens is 426 g/mol. The van der Waals surface area contributed by atoms with E-state index < -0.39 is 11.9 Å². The van der Waals surface area contributed by atoms with Gasteiger partial charge in [-0.2, -0.15) is 5.26 Å². The lowest BCUT2D eigenvalue weighted by Gasteiger charge is -2.28. The molecule has 0 amide bonds. The fraction of sp³-hybridized carbons (Fsp3) is 0.259. The Balaban J connectivity index is 2.00. The van der Waals surface area contributed by atoms with Gasteiger partial charge in [-0.3, -0.25) is 9.98 Å². The second kappa shape index (κ2) is 11.1. The summed E-state index contributed by atoms with van der Waals surface area (Å²) in [7, 11) is 1.66. The minimum atomic E-state index is -0.574. The number of ether oxygens (including phenoxy) is 1. The van der Waals surface area contributed by atoms with Gasteiger partial charge in [0.15, 0.2) is 0 Å². The van der Waals surface area contributed by atoms with Crippen LogP contribution in [0.25, 0.3) is 5.69 Å². The zero-order chi connectivity index (χ0) is 24.7. The molecule has 2 aromatic rings. The van der Waals surface area contributed by atoms with Gasteiger partial charge in [0.1, 0.15) is 17.4 Å². The number of aliphatic hydroxyl groups is 1. The first-order valence-corrected chi connectivity index (χ1v) is 11.1. The molecule has 1 aromatic carbocycles. The van der Waals surface area contributed by atoms with Crippen molar-refractivity contribution in [2.75, 3.05) is 7.05 Å². The van der Waals surface area contributed by atoms with Gasteiger partial charge in [0.05, 0.1) is 18.0 Å². The lowest BCUT2D eigenvalue weighted by atomic mass is 9.79. The van der Waals surface area contributed by atoms with Crippen molar-refractivity contribution < 1.29 is 9.84 Å². The summed E-state index contributed by atoms with van der Waals surface area (Å²) in [6.45, 7) is 10.1. The highest BCUT2D eigenvalue weighted by molar-refractivity contribution is 6.24. The van der Waals surface area contributed by atoms with Gasteiger partial charge >= 0.3 is 0 Å². The topological polar surface area (TPSA) is 95.8 Å². The number of imidazole rings is 1. The van der Waals surface area contributed by atoms with Gasteiger partial charge in [0.25, 0.3) is 5.95 Å². The van der Waals surface area contributed by atoms with Crippen molar-refractivity contribution in [2.24, 2.45) is 15.9 Å². The molecule has 1 N–H and O–H groups in total. The second-order valence-corrected chi connectivity index (χ2v) is 8.00. The Hall–Kier alpha value is -4.18. The van der Waals surface area contributed by atoms with E-state index in [9.17, 15) is 10.4 Å². The molecule has 0 aliphatic carbocycles. The van der Waals surface area contributed by atoms with E-state index in [-0.39, 0.29) is 5.57 Å². The van der Waals surface area contributed by atoms with Gasteiger partial charge in [0.2, 0.25) is 0 Å². The molecule has 34 heavy (non-hydrogen) atoms. The molecule has 0 bridgehead atoms. The van der Waals surface area contributed by atoms with Crippen molar-refractivity contribution in [3.05, 3.63) is 95.8 Å². The third-order valence-corrected chi connectivity index (χ3v) is 5.74. The number of rotatable bonds is 8. The number of aliphatic imine (C=N–C) groups is 2. The summed E-state index contributed by atoms with van der Waals surface area (Å²) < 4.78 is 7.43. The third-order valence-electron chi connectivity index (χ3n) is 5.74. The first-order valence-electron chi connectivity index (χ1n) is 11.1. The highest BCUT2D eigenvalue weighted by atomic mass is 16.6. The van der Waals surface area contributed by atoms with Gasteiger partial charge in [-0.25, -0.2) is 4.98 Å². The molecule has 1 aliphatic heterocycles. The third kappa shape index (κ3) is 5.24. The van der Waals surface area contributed by atoms with Crippen LogP contribution in [0, 0.1) is 17.2 Å². The highest BCUT2D eigenvalue weighted by Gasteiger charge is 2.35. The number of nitriles is 1. The SMILES string of the molecule is C=C(C=N/C=C\C(C)CC)C(=NC)C1=C(C)OC(O)=C(C#N)C1c1ccc(-n2ccnc2)cc1. The summed E-state index contributed by atoms with van der Waals surface area (Å²) in [5.41, 5.74) is 3.65. The average Bonchev–Trinajstić information content (AvgIpc) is 3.38. The predicted octanol–water partition coefficient (Wildman–Crippen LogP) is 5.81. The molecule has 174 valence electrons. The number of benzene rings is 1. The Morgan fingerprint density at radius 2 is 2.12 bits per heavy atom. The first kappa shape index (κ1) is 24.5. The van der Waals surface area contributed by atoms with Crippen LogP contribution in [0.5, 0.6) is 0 Å². The largest absolute Gasteiger partial charge is 0.480 e. The van der Waals surface area contributed by atoms with Gasteiger partial charge in [0, 0.05) is 48.7 Å². The molecule has 3 rings (SSSR count). The summed E-state index contributed by atoms with van der Waals surface area (Å²) >= 11 is 0. The smallest absolute Gasteiger partial charge is 0.297 e. The number of aliphatic hydroxyl groups excluding tert-OH is 1. The number of aromatic nitrogens is 2. The molecule has 2 heterocycles. The van der Waals surface area contributed by atoms with Crippen molar-refractivity contribution in [1.82, 2.24) is 9.55 Å². The quantitative estimate of drug-likeness (QED) is 0.508. The van der Waals surface area contributed by atoms with Crippen LogP contribution >= 0.6 is 0 Å². The van der Waals surface area contributed by atoms with Gasteiger partial charge in [-0.1, -0.05) is 45.1 Å². The van der Waals surface area contributed by atoms with E-state index in [0.29, 0.717) is 28.5 Å². The maximum Gasteiger partial charge on any atom is 0.297 e. The van der Waals surface area contributed by atoms with E-state index in [4.69, 9.17) is 4.74 Å². The van der Waals surface area contributed by atoms with Gasteiger partial charge < -0.3 is 14.4 Å². The predicted molar refractivity (Wildman–Crippen MR) is 135 cm³/mol. The molecule has 0 radical (unpaired) electrons. The fourth-order valence-corrected chi connectivity index (χ4v) is 3.69. The van der Waals surface area contributed by atoms with Crippen molar-refractivity contribution in [3.8, 4) is 11.8 Å². The Morgan fingerprint density at radius 3 is 2.71 bits per heavy atom. The monoisotopic (exact) mass is 455 g/mol. The Labute approximate surface area is 200 Å². The Bertz CT molecular complexity index is 1220. The molecule has 2 atom stereocenters. The molecule has 0 saturated carbocycles.